The molecule has 0 radical (unpaired) electrons. The first kappa shape index (κ1) is 40.8. The molecule has 1 aliphatic rings. The van der Waals surface area contributed by atoms with E-state index in [1.807, 2.05) is 13.8 Å². The Morgan fingerprint density at radius 2 is 0.913 bits per heavy atom. The molecule has 1 N–H and O–H groups in total. The van der Waals surface area contributed by atoms with Crippen molar-refractivity contribution in [3.05, 3.63) is 0 Å². The minimum atomic E-state index is -1.28. The van der Waals surface area contributed by atoms with Gasteiger partial charge in [0.1, 0.15) is 18.1 Å². The lowest BCUT2D eigenvalue weighted by molar-refractivity contribution is -0.179. The second-order valence-electron chi connectivity index (χ2n) is 14.1. The second kappa shape index (κ2) is 17.7. The third-order valence-corrected chi connectivity index (χ3v) is 8.90. The van der Waals surface area contributed by atoms with Crippen molar-refractivity contribution in [1.82, 2.24) is 15.1 Å². The first-order chi connectivity index (χ1) is 21.2. The Labute approximate surface area is 275 Å². The molecule has 1 fully saturated rings. The summed E-state index contributed by atoms with van der Waals surface area (Å²) in [6.45, 7) is 21.0. The van der Waals surface area contributed by atoms with Gasteiger partial charge in [-0.2, -0.15) is 0 Å². The van der Waals surface area contributed by atoms with Gasteiger partial charge in [-0.1, -0.05) is 83.1 Å². The van der Waals surface area contributed by atoms with E-state index in [1.165, 1.54) is 23.9 Å². The molecule has 264 valence electrons. The summed E-state index contributed by atoms with van der Waals surface area (Å²) in [6, 6.07) is -3.39. The van der Waals surface area contributed by atoms with Crippen LogP contribution in [0.4, 0.5) is 0 Å². The van der Waals surface area contributed by atoms with Crippen molar-refractivity contribution < 1.29 is 43.0 Å². The lowest BCUT2D eigenvalue weighted by Crippen LogP contribution is -2.57. The Morgan fingerprint density at radius 1 is 0.543 bits per heavy atom. The molecule has 0 aliphatic carbocycles. The molecule has 3 amide bonds. The normalized spacial score (nSPS) is 28.1. The average Bonchev–Trinajstić information content (AvgIpc) is 2.97. The molecule has 0 aromatic heterocycles. The maximum absolute atomic E-state index is 14.0. The zero-order valence-electron chi connectivity index (χ0n) is 30.4. The van der Waals surface area contributed by atoms with Crippen molar-refractivity contribution in [3.63, 3.8) is 0 Å². The number of likely N-dealkylation sites (N-methyl/N-ethyl adjacent to an activating group) is 2. The Hall–Kier alpha value is -3.18. The fraction of sp³-hybridized carbons (Fsp3) is 0.824. The van der Waals surface area contributed by atoms with Crippen LogP contribution >= 0.6 is 0 Å². The van der Waals surface area contributed by atoms with Crippen LogP contribution in [0.5, 0.6) is 0 Å². The first-order valence-corrected chi connectivity index (χ1v) is 16.7. The Morgan fingerprint density at radius 3 is 1.28 bits per heavy atom. The molecule has 1 saturated heterocycles. The predicted molar refractivity (Wildman–Crippen MR) is 173 cm³/mol. The highest BCUT2D eigenvalue weighted by Gasteiger charge is 2.44. The van der Waals surface area contributed by atoms with Gasteiger partial charge in [-0.05, 0) is 36.5 Å². The maximum Gasteiger partial charge on any atom is 0.329 e. The number of carbonyl (C=O) groups excluding carboxylic acids is 6. The number of hydrogen-bond donors (Lipinski definition) is 1. The quantitative estimate of drug-likeness (QED) is 0.306. The van der Waals surface area contributed by atoms with Gasteiger partial charge in [-0.15, -0.1) is 0 Å². The number of nitrogens with zero attached hydrogens (tertiary/aromatic N) is 2. The SMILES string of the molecule is CC[C@H](C)[C@H]1OC(=O)[C@H](C(C)C)N(C)C(=O)[C@@H](C(C)C)OC(=O)[C@H](C(C)C)N(C)C(=O)[C@@H]([C@@H](C)CC)OC(=O)[C@H](C(C)C)NC1=O. The van der Waals surface area contributed by atoms with Crippen LogP contribution in [0.1, 0.15) is 95.9 Å². The molecule has 0 unspecified atom stereocenters. The monoisotopic (exact) mass is 653 g/mol. The van der Waals surface area contributed by atoms with E-state index in [-0.39, 0.29) is 0 Å². The smallest absolute Gasteiger partial charge is 0.329 e. The number of esters is 3. The van der Waals surface area contributed by atoms with Crippen LogP contribution in [0.25, 0.3) is 0 Å². The molecule has 1 rings (SSSR count). The average molecular weight is 654 g/mol. The lowest BCUT2D eigenvalue weighted by atomic mass is 9.96. The van der Waals surface area contributed by atoms with E-state index in [1.54, 1.807) is 69.2 Å². The molecule has 0 spiro atoms. The molecule has 8 atom stereocenters. The van der Waals surface area contributed by atoms with Gasteiger partial charge in [-0.3, -0.25) is 14.4 Å². The first-order valence-electron chi connectivity index (χ1n) is 16.7. The van der Waals surface area contributed by atoms with E-state index in [2.05, 4.69) is 5.32 Å². The third kappa shape index (κ3) is 9.91. The van der Waals surface area contributed by atoms with E-state index in [0.29, 0.717) is 12.8 Å². The summed E-state index contributed by atoms with van der Waals surface area (Å²) in [5.41, 5.74) is 0. The minimum Gasteiger partial charge on any atom is -0.450 e. The molecular formula is C34H59N3O9. The van der Waals surface area contributed by atoms with Gasteiger partial charge in [0, 0.05) is 25.9 Å². The molecule has 1 aliphatic heterocycles. The largest absolute Gasteiger partial charge is 0.450 e. The summed E-state index contributed by atoms with van der Waals surface area (Å²) < 4.78 is 17.5. The van der Waals surface area contributed by atoms with Crippen molar-refractivity contribution in [3.8, 4) is 0 Å². The Balaban J connectivity index is 3.92. The zero-order valence-corrected chi connectivity index (χ0v) is 30.4. The molecule has 46 heavy (non-hydrogen) atoms. The van der Waals surface area contributed by atoms with Crippen molar-refractivity contribution in [1.29, 1.82) is 0 Å². The fourth-order valence-electron chi connectivity index (χ4n) is 5.49. The number of ether oxygens (including phenoxy) is 3. The number of nitrogens with one attached hydrogen (secondary N) is 1. The zero-order chi connectivity index (χ0) is 35.8. The van der Waals surface area contributed by atoms with E-state index in [0.717, 1.165) is 0 Å². The van der Waals surface area contributed by atoms with Crippen LogP contribution in [0, 0.1) is 35.5 Å². The van der Waals surface area contributed by atoms with E-state index in [9.17, 15) is 28.8 Å². The van der Waals surface area contributed by atoms with Gasteiger partial charge < -0.3 is 29.3 Å². The van der Waals surface area contributed by atoms with Crippen molar-refractivity contribution >= 4 is 35.6 Å². The van der Waals surface area contributed by atoms with E-state index < -0.39 is 108 Å². The van der Waals surface area contributed by atoms with Gasteiger partial charge in [-0.25, -0.2) is 14.4 Å². The van der Waals surface area contributed by atoms with Gasteiger partial charge in [0.05, 0.1) is 0 Å². The standard InChI is InChI=1S/C34H59N3O9/c1-15-21(11)27-29(38)35-23(17(3)4)32(41)46-28(22(12)16-2)31(40)37(14)24(18(5)6)33(42)44-26(20(9)10)30(39)36(13)25(19(7)8)34(43)45-27/h17-28H,15-16H2,1-14H3,(H,35,38)/t21-,22-,23-,24-,25-,26+,27+,28+/m0/s1. The number of cyclic esters (lactones) is 3. The van der Waals surface area contributed by atoms with Crippen LogP contribution in [0.2, 0.25) is 0 Å². The number of rotatable bonds is 8. The fourth-order valence-corrected chi connectivity index (χ4v) is 5.49. The third-order valence-electron chi connectivity index (χ3n) is 8.90. The highest BCUT2D eigenvalue weighted by molar-refractivity contribution is 5.94. The maximum atomic E-state index is 14.0. The molecular weight excluding hydrogens is 594 g/mol. The summed E-state index contributed by atoms with van der Waals surface area (Å²) in [4.78, 5) is 85.1. The summed E-state index contributed by atoms with van der Waals surface area (Å²) in [5, 5.41) is 2.71. The molecule has 1 heterocycles. The number of amides is 3. The van der Waals surface area contributed by atoms with Crippen molar-refractivity contribution in [2.24, 2.45) is 35.5 Å². The highest BCUT2D eigenvalue weighted by atomic mass is 16.6. The molecule has 0 aromatic carbocycles. The topological polar surface area (TPSA) is 149 Å². The van der Waals surface area contributed by atoms with Gasteiger partial charge in [0.25, 0.3) is 17.7 Å². The molecule has 0 aromatic rings. The molecule has 0 saturated carbocycles. The molecule has 12 heteroatoms. The van der Waals surface area contributed by atoms with Crippen LogP contribution in [-0.2, 0) is 43.0 Å². The molecule has 0 bridgehead atoms. The summed E-state index contributed by atoms with van der Waals surface area (Å²) in [7, 11) is 2.88. The lowest BCUT2D eigenvalue weighted by Gasteiger charge is -2.37. The van der Waals surface area contributed by atoms with Crippen LogP contribution in [-0.4, -0.2) is 96.0 Å². The summed E-state index contributed by atoms with van der Waals surface area (Å²) in [5.74, 6) is -6.99. The van der Waals surface area contributed by atoms with Gasteiger partial charge in [0.15, 0.2) is 18.3 Å². The minimum absolute atomic E-state index is 0.431. The van der Waals surface area contributed by atoms with Crippen LogP contribution in [0.3, 0.4) is 0 Å². The van der Waals surface area contributed by atoms with Gasteiger partial charge >= 0.3 is 17.9 Å². The summed E-state index contributed by atoms with van der Waals surface area (Å²) in [6.07, 6.45) is -2.87. The number of hydrogen-bond acceptors (Lipinski definition) is 9. The Kier molecular flexibility index (Phi) is 15.7. The highest BCUT2D eigenvalue weighted by Crippen LogP contribution is 2.24. The van der Waals surface area contributed by atoms with Crippen LogP contribution < -0.4 is 5.32 Å². The van der Waals surface area contributed by atoms with Crippen molar-refractivity contribution in [2.45, 2.75) is 132 Å². The molecule has 12 nitrogen and oxygen atoms in total. The van der Waals surface area contributed by atoms with E-state index >= 15 is 0 Å². The van der Waals surface area contributed by atoms with Gasteiger partial charge in [0.2, 0.25) is 0 Å². The number of carbonyl (C=O) groups is 6. The van der Waals surface area contributed by atoms with Crippen molar-refractivity contribution in [2.75, 3.05) is 14.1 Å². The van der Waals surface area contributed by atoms with Crippen LogP contribution in [0.15, 0.2) is 0 Å². The predicted octanol–water partition coefficient (Wildman–Crippen LogP) is 3.59. The van der Waals surface area contributed by atoms with E-state index in [4.69, 9.17) is 14.2 Å². The summed E-state index contributed by atoms with van der Waals surface area (Å²) >= 11 is 0. The Bertz CT molecular complexity index is 1090. The second-order valence-corrected chi connectivity index (χ2v) is 14.1.